The van der Waals surface area contributed by atoms with Crippen molar-refractivity contribution in [3.05, 3.63) is 57.8 Å². The summed E-state index contributed by atoms with van der Waals surface area (Å²) in [5.41, 5.74) is 1.30. The molecule has 196 valence electrons. The van der Waals surface area contributed by atoms with E-state index in [9.17, 15) is 9.59 Å². The Morgan fingerprint density at radius 2 is 2.00 bits per heavy atom. The largest absolute Gasteiger partial charge is 0.497 e. The Kier molecular flexibility index (Phi) is 6.74. The molecule has 38 heavy (non-hydrogen) atoms. The first kappa shape index (κ1) is 25.1. The van der Waals surface area contributed by atoms with Crippen LogP contribution in [0.2, 0.25) is 5.02 Å². The van der Waals surface area contributed by atoms with Gasteiger partial charge in [-0.2, -0.15) is 14.6 Å². The van der Waals surface area contributed by atoms with Gasteiger partial charge in [0, 0.05) is 22.0 Å². The third-order valence-corrected chi connectivity index (χ3v) is 9.09. The summed E-state index contributed by atoms with van der Waals surface area (Å²) in [5, 5.41) is 9.45. The maximum absolute atomic E-state index is 13.1. The molecule has 4 aromatic rings. The van der Waals surface area contributed by atoms with Crippen LogP contribution in [0.15, 0.2) is 52.4 Å². The van der Waals surface area contributed by atoms with E-state index in [0.29, 0.717) is 44.0 Å². The number of ether oxygens (including phenoxy) is 1. The summed E-state index contributed by atoms with van der Waals surface area (Å²) in [6.07, 6.45) is 5.15. The molecule has 4 atom stereocenters. The van der Waals surface area contributed by atoms with Crippen LogP contribution in [0.25, 0.3) is 27.8 Å². The number of nitrogens with zero attached hydrogens (tertiary/aromatic N) is 4. The van der Waals surface area contributed by atoms with Crippen molar-refractivity contribution in [2.75, 3.05) is 12.9 Å². The summed E-state index contributed by atoms with van der Waals surface area (Å²) in [5.74, 6) is 2.95. The van der Waals surface area contributed by atoms with E-state index in [1.807, 2.05) is 0 Å². The first-order valence-corrected chi connectivity index (χ1v) is 14.2. The summed E-state index contributed by atoms with van der Waals surface area (Å²) >= 11 is 7.52. The topological polar surface area (TPSA) is 98.5 Å². The van der Waals surface area contributed by atoms with Gasteiger partial charge in [-0.3, -0.25) is 9.59 Å². The van der Waals surface area contributed by atoms with Crippen LogP contribution < -0.4 is 15.6 Å². The predicted octanol–water partition coefficient (Wildman–Crippen LogP) is 5.00. The number of nitrogens with one attached hydrogen (secondary N) is 1. The van der Waals surface area contributed by atoms with Gasteiger partial charge >= 0.3 is 0 Å². The maximum Gasteiger partial charge on any atom is 0.300 e. The molecule has 1 amide bonds. The summed E-state index contributed by atoms with van der Waals surface area (Å²) < 4.78 is 6.77. The van der Waals surface area contributed by atoms with Crippen LogP contribution in [0.4, 0.5) is 0 Å². The second-order valence-electron chi connectivity index (χ2n) is 10.3. The zero-order valence-corrected chi connectivity index (χ0v) is 22.8. The Morgan fingerprint density at radius 1 is 1.18 bits per heavy atom. The number of carbonyl (C=O) groups excluding carboxylic acids is 1. The van der Waals surface area contributed by atoms with E-state index in [1.54, 1.807) is 49.6 Å². The minimum atomic E-state index is -0.462. The van der Waals surface area contributed by atoms with E-state index >= 15 is 0 Å². The van der Waals surface area contributed by atoms with Crippen LogP contribution in [-0.4, -0.2) is 44.4 Å². The van der Waals surface area contributed by atoms with Gasteiger partial charge in [0.1, 0.15) is 5.75 Å². The molecule has 2 fully saturated rings. The van der Waals surface area contributed by atoms with Gasteiger partial charge in [0.15, 0.2) is 16.5 Å². The van der Waals surface area contributed by atoms with Gasteiger partial charge in [0.2, 0.25) is 5.91 Å². The number of benzene rings is 2. The van der Waals surface area contributed by atoms with Gasteiger partial charge in [-0.25, -0.2) is 4.98 Å². The maximum atomic E-state index is 13.1. The normalized spacial score (nSPS) is 21.2. The molecule has 2 aromatic heterocycles. The molecule has 0 unspecified atom stereocenters. The first-order valence-electron chi connectivity index (χ1n) is 12.9. The smallest absolute Gasteiger partial charge is 0.300 e. The quantitative estimate of drug-likeness (QED) is 0.197. The molecule has 0 aliphatic heterocycles. The zero-order chi connectivity index (χ0) is 26.4. The average molecular weight is 550 g/mol. The van der Waals surface area contributed by atoms with Gasteiger partial charge in [-0.05, 0) is 86.4 Å². The molecule has 2 bridgehead atoms. The van der Waals surface area contributed by atoms with Crippen LogP contribution in [-0.2, 0) is 4.79 Å². The molecule has 2 aliphatic rings. The lowest BCUT2D eigenvalue weighted by Gasteiger charge is -2.28. The van der Waals surface area contributed by atoms with Crippen LogP contribution in [0.1, 0.15) is 32.6 Å². The Hall–Kier alpha value is -3.17. The van der Waals surface area contributed by atoms with E-state index in [-0.39, 0.29) is 23.4 Å². The molecule has 8 nitrogen and oxygen atoms in total. The SMILES string of the molecule is COc1ccc(-c2nn3c(SCC(=O)N[C@H](C)[C@H]4C[C@H]5CC[C@H]4C5)nc4ccc(Cl)cc4c3nc2=O)cc1. The summed E-state index contributed by atoms with van der Waals surface area (Å²) in [7, 11) is 1.58. The molecule has 2 aromatic carbocycles. The minimum Gasteiger partial charge on any atom is -0.497 e. The predicted molar refractivity (Wildman–Crippen MR) is 149 cm³/mol. The lowest BCUT2D eigenvalue weighted by atomic mass is 9.84. The van der Waals surface area contributed by atoms with E-state index in [4.69, 9.17) is 21.3 Å². The van der Waals surface area contributed by atoms with Crippen molar-refractivity contribution in [1.82, 2.24) is 24.9 Å². The van der Waals surface area contributed by atoms with Crippen molar-refractivity contribution in [3.63, 3.8) is 0 Å². The number of hydrogen-bond donors (Lipinski definition) is 1. The number of halogens is 1. The second kappa shape index (κ2) is 10.2. The van der Waals surface area contributed by atoms with Gasteiger partial charge in [-0.1, -0.05) is 29.8 Å². The minimum absolute atomic E-state index is 0.0409. The molecule has 0 radical (unpaired) electrons. The second-order valence-corrected chi connectivity index (χ2v) is 11.6. The number of carbonyl (C=O) groups is 1. The number of thioether (sulfide) groups is 1. The summed E-state index contributed by atoms with van der Waals surface area (Å²) in [4.78, 5) is 35.1. The lowest BCUT2D eigenvalue weighted by molar-refractivity contribution is -0.119. The zero-order valence-electron chi connectivity index (χ0n) is 21.2. The van der Waals surface area contributed by atoms with Crippen LogP contribution >= 0.6 is 23.4 Å². The molecule has 2 aliphatic carbocycles. The first-order chi connectivity index (χ1) is 18.4. The van der Waals surface area contributed by atoms with Crippen molar-refractivity contribution in [2.24, 2.45) is 17.8 Å². The Balaban J connectivity index is 1.32. The lowest BCUT2D eigenvalue weighted by Crippen LogP contribution is -2.41. The monoisotopic (exact) mass is 549 g/mol. The van der Waals surface area contributed by atoms with E-state index in [0.717, 1.165) is 11.8 Å². The molecule has 0 saturated heterocycles. The van der Waals surface area contributed by atoms with Crippen molar-refractivity contribution >= 4 is 45.8 Å². The standard InChI is InChI=1S/C28H28ClN5O3S/c1-15(21-12-16-3-4-18(21)11-16)30-24(35)14-38-28-31-23-10-7-19(29)13-22(23)26-32-27(36)25(33-34(26)28)17-5-8-20(37-2)9-6-17/h5-10,13,15-16,18,21H,3-4,11-12,14H2,1-2H3,(H,30,35)/t15-,16+,18+,21-/m1/s1. The third kappa shape index (κ3) is 4.73. The highest BCUT2D eigenvalue weighted by Gasteiger charge is 2.42. The van der Waals surface area contributed by atoms with Crippen molar-refractivity contribution in [3.8, 4) is 17.0 Å². The molecule has 10 heteroatoms. The van der Waals surface area contributed by atoms with E-state index in [2.05, 4.69) is 22.3 Å². The average Bonchev–Trinajstić information content (AvgIpc) is 3.56. The fourth-order valence-corrected chi connectivity index (χ4v) is 7.02. The molecule has 1 N–H and O–H groups in total. The number of amides is 1. The van der Waals surface area contributed by atoms with Gasteiger partial charge in [0.25, 0.3) is 5.56 Å². The highest BCUT2D eigenvalue weighted by Crippen LogP contribution is 2.49. The van der Waals surface area contributed by atoms with E-state index in [1.165, 1.54) is 42.0 Å². The number of aromatic nitrogens is 4. The molecule has 2 saturated carbocycles. The van der Waals surface area contributed by atoms with Crippen LogP contribution in [0, 0.1) is 17.8 Å². The Labute approximate surface area is 229 Å². The van der Waals surface area contributed by atoms with E-state index < -0.39 is 5.56 Å². The molecular formula is C28H28ClN5O3S. The number of fused-ring (bicyclic) bond motifs is 5. The highest BCUT2D eigenvalue weighted by atomic mass is 35.5. The van der Waals surface area contributed by atoms with Gasteiger partial charge < -0.3 is 10.1 Å². The fourth-order valence-electron chi connectivity index (χ4n) is 6.09. The van der Waals surface area contributed by atoms with Gasteiger partial charge in [-0.15, -0.1) is 0 Å². The molecule has 2 heterocycles. The van der Waals surface area contributed by atoms with Crippen molar-refractivity contribution < 1.29 is 9.53 Å². The third-order valence-electron chi connectivity index (χ3n) is 7.93. The highest BCUT2D eigenvalue weighted by molar-refractivity contribution is 7.99. The molecule has 6 rings (SSSR count). The van der Waals surface area contributed by atoms with Crippen LogP contribution in [0.5, 0.6) is 5.75 Å². The Bertz CT molecular complexity index is 1590. The van der Waals surface area contributed by atoms with Crippen LogP contribution in [0.3, 0.4) is 0 Å². The van der Waals surface area contributed by atoms with Crippen molar-refractivity contribution in [1.29, 1.82) is 0 Å². The summed E-state index contributed by atoms with van der Waals surface area (Å²) in [6.45, 7) is 2.12. The number of rotatable bonds is 7. The fraction of sp³-hybridized carbons (Fsp3) is 0.393. The number of hydrogen-bond acceptors (Lipinski definition) is 7. The molecular weight excluding hydrogens is 522 g/mol. The Morgan fingerprint density at radius 3 is 2.71 bits per heavy atom. The molecule has 0 spiro atoms. The van der Waals surface area contributed by atoms with Crippen molar-refractivity contribution in [2.45, 2.75) is 43.8 Å². The summed E-state index contributed by atoms with van der Waals surface area (Å²) in [6, 6.07) is 12.4. The number of methoxy groups -OCH3 is 1. The van der Waals surface area contributed by atoms with Gasteiger partial charge in [0.05, 0.1) is 18.4 Å².